The normalized spacial score (nSPS) is 11.2. The molecular formula is C15H13BrO4S. The van der Waals surface area contributed by atoms with Crippen LogP contribution >= 0.6 is 15.9 Å². The number of ketones is 1. The first-order valence-corrected chi connectivity index (χ1v) is 8.68. The van der Waals surface area contributed by atoms with Crippen LogP contribution in [0.1, 0.15) is 21.5 Å². The van der Waals surface area contributed by atoms with E-state index >= 15 is 0 Å². The monoisotopic (exact) mass is 368 g/mol. The van der Waals surface area contributed by atoms with Gasteiger partial charge in [0.2, 0.25) is 0 Å². The summed E-state index contributed by atoms with van der Waals surface area (Å²) in [5.74, 6) is -0.240. The Labute approximate surface area is 132 Å². The van der Waals surface area contributed by atoms with Gasteiger partial charge < -0.3 is 4.18 Å². The highest BCUT2D eigenvalue weighted by atomic mass is 79.9. The molecule has 0 aromatic heterocycles. The SMILES string of the molecule is Cc1cccc(OS(C)(=O)=O)c1C(=O)c1cccc(Br)c1. The van der Waals surface area contributed by atoms with Gasteiger partial charge in [-0.1, -0.05) is 40.2 Å². The van der Waals surface area contributed by atoms with E-state index in [0.29, 0.717) is 11.1 Å². The summed E-state index contributed by atoms with van der Waals surface area (Å²) in [6.45, 7) is 1.74. The van der Waals surface area contributed by atoms with Gasteiger partial charge in [0, 0.05) is 10.0 Å². The molecule has 2 aromatic carbocycles. The van der Waals surface area contributed by atoms with Gasteiger partial charge >= 0.3 is 10.1 Å². The van der Waals surface area contributed by atoms with Gasteiger partial charge in [0.25, 0.3) is 0 Å². The molecule has 2 rings (SSSR count). The van der Waals surface area contributed by atoms with Crippen LogP contribution in [0.25, 0.3) is 0 Å². The summed E-state index contributed by atoms with van der Waals surface area (Å²) >= 11 is 3.31. The zero-order valence-corrected chi connectivity index (χ0v) is 13.9. The minimum atomic E-state index is -3.70. The Hall–Kier alpha value is -1.66. The summed E-state index contributed by atoms with van der Waals surface area (Å²) < 4.78 is 28.4. The number of carbonyl (C=O) groups is 1. The van der Waals surface area contributed by atoms with E-state index in [-0.39, 0.29) is 17.1 Å². The van der Waals surface area contributed by atoms with Crippen molar-refractivity contribution >= 4 is 31.8 Å². The lowest BCUT2D eigenvalue weighted by molar-refractivity contribution is 0.103. The van der Waals surface area contributed by atoms with E-state index in [4.69, 9.17) is 4.18 Å². The smallest absolute Gasteiger partial charge is 0.306 e. The van der Waals surface area contributed by atoms with Crippen LogP contribution in [0.4, 0.5) is 0 Å². The predicted molar refractivity (Wildman–Crippen MR) is 84.2 cm³/mol. The number of hydrogen-bond acceptors (Lipinski definition) is 4. The molecule has 0 bridgehead atoms. The maximum absolute atomic E-state index is 12.6. The number of halogens is 1. The predicted octanol–water partition coefficient (Wildman–Crippen LogP) is 3.33. The van der Waals surface area contributed by atoms with E-state index in [0.717, 1.165) is 10.7 Å². The van der Waals surface area contributed by atoms with Crippen molar-refractivity contribution in [2.45, 2.75) is 6.92 Å². The van der Waals surface area contributed by atoms with Crippen molar-refractivity contribution in [3.05, 3.63) is 63.6 Å². The molecule has 0 radical (unpaired) electrons. The van der Waals surface area contributed by atoms with Crippen LogP contribution in [0.15, 0.2) is 46.9 Å². The van der Waals surface area contributed by atoms with Crippen LogP contribution in [0, 0.1) is 6.92 Å². The summed E-state index contributed by atoms with van der Waals surface area (Å²) in [5, 5.41) is 0. The van der Waals surface area contributed by atoms with Crippen molar-refractivity contribution in [1.82, 2.24) is 0 Å². The summed E-state index contributed by atoms with van der Waals surface area (Å²) in [6, 6.07) is 11.8. The molecule has 0 aliphatic carbocycles. The molecule has 0 spiro atoms. The van der Waals surface area contributed by atoms with Crippen molar-refractivity contribution in [3.8, 4) is 5.75 Å². The second kappa shape index (κ2) is 5.99. The standard InChI is InChI=1S/C15H13BrO4S/c1-10-5-3-8-13(20-21(2,18)19)14(10)15(17)11-6-4-7-12(16)9-11/h3-9H,1-2H3. The molecule has 2 aromatic rings. The Kier molecular flexibility index (Phi) is 4.49. The Bertz CT molecular complexity index is 797. The highest BCUT2D eigenvalue weighted by Crippen LogP contribution is 2.27. The first-order valence-electron chi connectivity index (χ1n) is 6.07. The summed E-state index contributed by atoms with van der Waals surface area (Å²) in [5.41, 5.74) is 1.36. The van der Waals surface area contributed by atoms with Gasteiger partial charge in [-0.2, -0.15) is 8.42 Å². The molecular weight excluding hydrogens is 356 g/mol. The highest BCUT2D eigenvalue weighted by molar-refractivity contribution is 9.10. The molecule has 0 N–H and O–H groups in total. The maximum Gasteiger partial charge on any atom is 0.306 e. The Morgan fingerprint density at radius 1 is 1.14 bits per heavy atom. The Morgan fingerprint density at radius 2 is 1.81 bits per heavy atom. The minimum absolute atomic E-state index is 0.0440. The van der Waals surface area contributed by atoms with Gasteiger partial charge in [-0.05, 0) is 30.7 Å². The van der Waals surface area contributed by atoms with Crippen LogP contribution in [-0.4, -0.2) is 20.5 Å². The molecule has 6 heteroatoms. The Balaban J connectivity index is 2.55. The molecule has 0 unspecified atom stereocenters. The van der Waals surface area contributed by atoms with E-state index in [2.05, 4.69) is 15.9 Å². The molecule has 0 atom stereocenters. The lowest BCUT2D eigenvalue weighted by Gasteiger charge is -2.11. The molecule has 0 aliphatic rings. The van der Waals surface area contributed by atoms with E-state index in [1.807, 2.05) is 6.07 Å². The molecule has 0 saturated heterocycles. The third-order valence-corrected chi connectivity index (χ3v) is 3.77. The van der Waals surface area contributed by atoms with Gasteiger partial charge in [0.05, 0.1) is 11.8 Å². The lowest BCUT2D eigenvalue weighted by Crippen LogP contribution is -2.12. The van der Waals surface area contributed by atoms with Crippen LogP contribution in [0.3, 0.4) is 0 Å². The topological polar surface area (TPSA) is 60.4 Å². The zero-order chi connectivity index (χ0) is 15.6. The van der Waals surface area contributed by atoms with Crippen LogP contribution in [-0.2, 0) is 10.1 Å². The van der Waals surface area contributed by atoms with Gasteiger partial charge in [0.15, 0.2) is 11.5 Å². The average Bonchev–Trinajstić information content (AvgIpc) is 2.36. The van der Waals surface area contributed by atoms with E-state index in [1.54, 1.807) is 37.3 Å². The number of hydrogen-bond donors (Lipinski definition) is 0. The fourth-order valence-electron chi connectivity index (χ4n) is 1.94. The van der Waals surface area contributed by atoms with Crippen molar-refractivity contribution in [3.63, 3.8) is 0 Å². The van der Waals surface area contributed by atoms with Crippen molar-refractivity contribution in [1.29, 1.82) is 0 Å². The number of benzene rings is 2. The third kappa shape index (κ3) is 3.92. The number of rotatable bonds is 4. The molecule has 0 saturated carbocycles. The highest BCUT2D eigenvalue weighted by Gasteiger charge is 2.19. The van der Waals surface area contributed by atoms with Gasteiger partial charge in [-0.15, -0.1) is 0 Å². The third-order valence-electron chi connectivity index (χ3n) is 2.79. The van der Waals surface area contributed by atoms with Gasteiger partial charge in [0.1, 0.15) is 0 Å². The van der Waals surface area contributed by atoms with E-state index < -0.39 is 10.1 Å². The van der Waals surface area contributed by atoms with Gasteiger partial charge in [-0.25, -0.2) is 0 Å². The second-order valence-electron chi connectivity index (χ2n) is 4.57. The van der Waals surface area contributed by atoms with Crippen LogP contribution in [0.2, 0.25) is 0 Å². The molecule has 0 amide bonds. The summed E-state index contributed by atoms with van der Waals surface area (Å²) in [7, 11) is -3.70. The van der Waals surface area contributed by atoms with Gasteiger partial charge in [-0.3, -0.25) is 4.79 Å². The largest absolute Gasteiger partial charge is 0.382 e. The van der Waals surface area contributed by atoms with E-state index in [1.165, 1.54) is 6.07 Å². The maximum atomic E-state index is 12.6. The molecule has 110 valence electrons. The summed E-state index contributed by atoms with van der Waals surface area (Å²) in [6.07, 6.45) is 0.947. The van der Waals surface area contributed by atoms with Crippen LogP contribution in [0.5, 0.6) is 5.75 Å². The van der Waals surface area contributed by atoms with Crippen molar-refractivity contribution in [2.24, 2.45) is 0 Å². The Morgan fingerprint density at radius 3 is 2.43 bits per heavy atom. The second-order valence-corrected chi connectivity index (χ2v) is 7.07. The average molecular weight is 369 g/mol. The zero-order valence-electron chi connectivity index (χ0n) is 11.5. The summed E-state index contributed by atoms with van der Waals surface area (Å²) in [4.78, 5) is 12.6. The molecule has 21 heavy (non-hydrogen) atoms. The van der Waals surface area contributed by atoms with Crippen LogP contribution < -0.4 is 4.18 Å². The fourth-order valence-corrected chi connectivity index (χ4v) is 2.80. The first kappa shape index (κ1) is 15.7. The molecule has 4 nitrogen and oxygen atoms in total. The lowest BCUT2D eigenvalue weighted by atomic mass is 9.98. The fraction of sp³-hybridized carbons (Fsp3) is 0.133. The molecule has 0 heterocycles. The van der Waals surface area contributed by atoms with Crippen molar-refractivity contribution < 1.29 is 17.4 Å². The van der Waals surface area contributed by atoms with E-state index in [9.17, 15) is 13.2 Å². The first-order chi connectivity index (χ1) is 9.78. The molecule has 0 fully saturated rings. The number of carbonyl (C=O) groups excluding carboxylic acids is 1. The molecule has 0 aliphatic heterocycles. The van der Waals surface area contributed by atoms with Crippen molar-refractivity contribution in [2.75, 3.05) is 6.26 Å². The quantitative estimate of drug-likeness (QED) is 0.613. The minimum Gasteiger partial charge on any atom is -0.382 e. The number of aryl methyl sites for hydroxylation is 1.